The van der Waals surface area contributed by atoms with Crippen molar-refractivity contribution in [2.24, 2.45) is 0 Å². The molecule has 19 heavy (non-hydrogen) atoms. The monoisotopic (exact) mass is 343 g/mol. The smallest absolute Gasteiger partial charge is 0.165 e. The molecule has 0 saturated heterocycles. The van der Waals surface area contributed by atoms with Crippen LogP contribution in [0.2, 0.25) is 5.02 Å². The molecule has 2 aromatic rings. The first-order chi connectivity index (χ1) is 9.10. The summed E-state index contributed by atoms with van der Waals surface area (Å²) in [6, 6.07) is 10.4. The summed E-state index contributed by atoms with van der Waals surface area (Å²) in [4.78, 5) is 0. The molecule has 0 spiro atoms. The number of methoxy groups -OCH3 is 1. The molecule has 0 aromatic heterocycles. The van der Waals surface area contributed by atoms with Crippen LogP contribution in [0.1, 0.15) is 5.56 Å². The molecule has 0 saturated carbocycles. The lowest BCUT2D eigenvalue weighted by molar-refractivity contribution is 0.386. The van der Waals surface area contributed by atoms with E-state index < -0.39 is 0 Å². The van der Waals surface area contributed by atoms with Crippen LogP contribution in [0.25, 0.3) is 0 Å². The fourth-order valence-electron chi connectivity index (χ4n) is 1.65. The molecule has 0 atom stereocenters. The molecule has 0 aliphatic rings. The average Bonchev–Trinajstić information content (AvgIpc) is 2.40. The van der Waals surface area contributed by atoms with E-state index in [-0.39, 0.29) is 11.6 Å². The minimum atomic E-state index is -0.373. The highest BCUT2D eigenvalue weighted by Gasteiger charge is 2.05. The molecule has 0 fully saturated rings. The second kappa shape index (κ2) is 6.26. The molecule has 100 valence electrons. The van der Waals surface area contributed by atoms with Crippen molar-refractivity contribution in [2.45, 2.75) is 6.54 Å². The van der Waals surface area contributed by atoms with Gasteiger partial charge in [-0.25, -0.2) is 4.39 Å². The Morgan fingerprint density at radius 3 is 2.74 bits per heavy atom. The van der Waals surface area contributed by atoms with Gasteiger partial charge in [-0.3, -0.25) is 0 Å². The van der Waals surface area contributed by atoms with Crippen LogP contribution in [0.15, 0.2) is 40.9 Å². The summed E-state index contributed by atoms with van der Waals surface area (Å²) in [6.45, 7) is 0.483. The molecule has 0 aliphatic carbocycles. The van der Waals surface area contributed by atoms with Gasteiger partial charge in [-0.05, 0) is 35.9 Å². The van der Waals surface area contributed by atoms with Gasteiger partial charge in [0, 0.05) is 11.0 Å². The van der Waals surface area contributed by atoms with Crippen LogP contribution < -0.4 is 10.1 Å². The van der Waals surface area contributed by atoms with Crippen molar-refractivity contribution in [3.05, 3.63) is 57.3 Å². The zero-order valence-electron chi connectivity index (χ0n) is 10.2. The van der Waals surface area contributed by atoms with Gasteiger partial charge in [-0.15, -0.1) is 0 Å². The Labute approximate surface area is 124 Å². The average molecular weight is 345 g/mol. The summed E-state index contributed by atoms with van der Waals surface area (Å²) < 4.78 is 19.3. The van der Waals surface area contributed by atoms with Gasteiger partial charge in [-0.2, -0.15) is 0 Å². The van der Waals surface area contributed by atoms with Crippen molar-refractivity contribution in [3.63, 3.8) is 0 Å². The van der Waals surface area contributed by atoms with Crippen molar-refractivity contribution in [1.82, 2.24) is 0 Å². The predicted molar refractivity (Wildman–Crippen MR) is 79.4 cm³/mol. The van der Waals surface area contributed by atoms with E-state index in [1.807, 2.05) is 12.1 Å². The van der Waals surface area contributed by atoms with E-state index in [0.717, 1.165) is 15.7 Å². The van der Waals surface area contributed by atoms with Crippen LogP contribution in [0.4, 0.5) is 10.1 Å². The number of benzene rings is 2. The van der Waals surface area contributed by atoms with Gasteiger partial charge in [0.1, 0.15) is 0 Å². The van der Waals surface area contributed by atoms with Crippen LogP contribution in [0, 0.1) is 5.82 Å². The summed E-state index contributed by atoms with van der Waals surface area (Å²) >= 11 is 9.44. The first kappa shape index (κ1) is 14.2. The van der Waals surface area contributed by atoms with Crippen molar-refractivity contribution >= 4 is 33.2 Å². The topological polar surface area (TPSA) is 21.3 Å². The fourth-order valence-corrected chi connectivity index (χ4v) is 2.20. The molecule has 0 heterocycles. The van der Waals surface area contributed by atoms with Gasteiger partial charge in [0.05, 0.1) is 17.8 Å². The third-order valence-electron chi connectivity index (χ3n) is 2.63. The lowest BCUT2D eigenvalue weighted by Crippen LogP contribution is -2.01. The predicted octanol–water partition coefficient (Wildman–Crippen LogP) is 4.86. The van der Waals surface area contributed by atoms with Gasteiger partial charge < -0.3 is 10.1 Å². The van der Waals surface area contributed by atoms with Crippen molar-refractivity contribution in [3.8, 4) is 5.75 Å². The SMILES string of the molecule is COc1ccc(CNc2cc(Br)ccc2Cl)cc1F. The maximum atomic E-state index is 13.5. The van der Waals surface area contributed by atoms with Crippen molar-refractivity contribution < 1.29 is 9.13 Å². The summed E-state index contributed by atoms with van der Waals surface area (Å²) in [5.74, 6) is -0.133. The third kappa shape index (κ3) is 3.61. The summed E-state index contributed by atoms with van der Waals surface area (Å²) in [7, 11) is 1.44. The highest BCUT2D eigenvalue weighted by Crippen LogP contribution is 2.26. The maximum Gasteiger partial charge on any atom is 0.165 e. The van der Waals surface area contributed by atoms with Crippen LogP contribution in [-0.2, 0) is 6.54 Å². The number of anilines is 1. The van der Waals surface area contributed by atoms with Crippen LogP contribution >= 0.6 is 27.5 Å². The Morgan fingerprint density at radius 2 is 2.05 bits per heavy atom. The van der Waals surface area contributed by atoms with Gasteiger partial charge in [0.15, 0.2) is 11.6 Å². The first-order valence-corrected chi connectivity index (χ1v) is 6.78. The molecule has 1 N–H and O–H groups in total. The van der Waals surface area contributed by atoms with E-state index in [4.69, 9.17) is 16.3 Å². The number of ether oxygens (including phenoxy) is 1. The zero-order valence-corrected chi connectivity index (χ0v) is 12.6. The molecule has 2 rings (SSSR count). The minimum absolute atomic E-state index is 0.240. The van der Waals surface area contributed by atoms with Crippen molar-refractivity contribution in [2.75, 3.05) is 12.4 Å². The van der Waals surface area contributed by atoms with Gasteiger partial charge in [0.2, 0.25) is 0 Å². The van der Waals surface area contributed by atoms with Crippen LogP contribution in [-0.4, -0.2) is 7.11 Å². The summed E-state index contributed by atoms with van der Waals surface area (Å²) in [5.41, 5.74) is 1.61. The standard InChI is InChI=1S/C14H12BrClFNO/c1-19-14-5-2-9(6-12(14)17)8-18-13-7-10(15)3-4-11(13)16/h2-7,18H,8H2,1H3. The van der Waals surface area contributed by atoms with Crippen molar-refractivity contribution in [1.29, 1.82) is 0 Å². The second-order valence-electron chi connectivity index (χ2n) is 3.95. The summed E-state index contributed by atoms with van der Waals surface area (Å²) in [5, 5.41) is 3.79. The molecule has 2 aromatic carbocycles. The molecule has 0 amide bonds. The summed E-state index contributed by atoms with van der Waals surface area (Å²) in [6.07, 6.45) is 0. The Hall–Kier alpha value is -1.26. The lowest BCUT2D eigenvalue weighted by atomic mass is 10.2. The van der Waals surface area contributed by atoms with E-state index in [1.54, 1.807) is 18.2 Å². The number of halogens is 3. The molecule has 0 aliphatic heterocycles. The Bertz CT molecular complexity index is 592. The molecule has 2 nitrogen and oxygen atoms in total. The van der Waals surface area contributed by atoms with Gasteiger partial charge in [0.25, 0.3) is 0 Å². The first-order valence-electron chi connectivity index (χ1n) is 5.61. The molecular weight excluding hydrogens is 333 g/mol. The molecule has 0 radical (unpaired) electrons. The fraction of sp³-hybridized carbons (Fsp3) is 0.143. The normalized spacial score (nSPS) is 10.3. The molecule has 5 heteroatoms. The lowest BCUT2D eigenvalue weighted by Gasteiger charge is -2.10. The molecule has 0 unspecified atom stereocenters. The van der Waals surface area contributed by atoms with Gasteiger partial charge >= 0.3 is 0 Å². The number of hydrogen-bond acceptors (Lipinski definition) is 2. The molecular formula is C14H12BrClFNO. The van der Waals surface area contributed by atoms with E-state index in [1.165, 1.54) is 13.2 Å². The minimum Gasteiger partial charge on any atom is -0.494 e. The third-order valence-corrected chi connectivity index (χ3v) is 3.45. The Kier molecular flexibility index (Phi) is 4.66. The van der Waals surface area contributed by atoms with E-state index in [0.29, 0.717) is 11.6 Å². The second-order valence-corrected chi connectivity index (χ2v) is 5.27. The Morgan fingerprint density at radius 1 is 1.26 bits per heavy atom. The maximum absolute atomic E-state index is 13.5. The number of rotatable bonds is 4. The molecule has 0 bridgehead atoms. The number of hydrogen-bond donors (Lipinski definition) is 1. The van der Waals surface area contributed by atoms with E-state index in [9.17, 15) is 4.39 Å². The Balaban J connectivity index is 2.10. The van der Waals surface area contributed by atoms with Crippen LogP contribution in [0.5, 0.6) is 5.75 Å². The van der Waals surface area contributed by atoms with E-state index in [2.05, 4.69) is 21.2 Å². The van der Waals surface area contributed by atoms with Crippen LogP contribution in [0.3, 0.4) is 0 Å². The quantitative estimate of drug-likeness (QED) is 0.855. The van der Waals surface area contributed by atoms with E-state index >= 15 is 0 Å². The zero-order chi connectivity index (χ0) is 13.8. The highest BCUT2D eigenvalue weighted by molar-refractivity contribution is 9.10. The largest absolute Gasteiger partial charge is 0.494 e. The van der Waals surface area contributed by atoms with Gasteiger partial charge in [-0.1, -0.05) is 33.6 Å². The number of nitrogens with one attached hydrogen (secondary N) is 1. The highest BCUT2D eigenvalue weighted by atomic mass is 79.9.